The first-order chi connectivity index (χ1) is 11.9. The largest absolute Gasteiger partial charge is 0.454 e. The van der Waals surface area contributed by atoms with E-state index in [0.29, 0.717) is 17.9 Å². The fourth-order valence-electron chi connectivity index (χ4n) is 2.48. The van der Waals surface area contributed by atoms with Crippen LogP contribution in [0.1, 0.15) is 12.8 Å². The third-order valence-electron chi connectivity index (χ3n) is 3.69. The summed E-state index contributed by atoms with van der Waals surface area (Å²) in [5.41, 5.74) is 0. The summed E-state index contributed by atoms with van der Waals surface area (Å²) in [5, 5.41) is 2.89. The summed E-state index contributed by atoms with van der Waals surface area (Å²) in [6, 6.07) is 4.79. The maximum Gasteiger partial charge on any atom is 0.324 e. The van der Waals surface area contributed by atoms with Crippen LogP contribution >= 0.6 is 11.6 Å². The molecular weight excluding hydrogens is 368 g/mol. The number of halogens is 1. The predicted molar refractivity (Wildman–Crippen MR) is 92.5 cm³/mol. The molecule has 1 aliphatic rings. The summed E-state index contributed by atoms with van der Waals surface area (Å²) in [4.78, 5) is 23.7. The Morgan fingerprint density at radius 2 is 2.04 bits per heavy atom. The second-order valence-electron chi connectivity index (χ2n) is 5.43. The van der Waals surface area contributed by atoms with Crippen LogP contribution in [0.15, 0.2) is 41.8 Å². The van der Waals surface area contributed by atoms with Crippen molar-refractivity contribution in [2.75, 3.05) is 19.7 Å². The molecule has 0 aliphatic carbocycles. The maximum atomic E-state index is 12.7. The van der Waals surface area contributed by atoms with Gasteiger partial charge in [0.15, 0.2) is 6.61 Å². The van der Waals surface area contributed by atoms with Crippen LogP contribution in [-0.4, -0.2) is 50.3 Å². The van der Waals surface area contributed by atoms with Crippen molar-refractivity contribution < 1.29 is 22.7 Å². The first kappa shape index (κ1) is 19.4. The van der Waals surface area contributed by atoms with Gasteiger partial charge in [0.2, 0.25) is 10.0 Å². The molecular formula is C16H19ClN2O5S. The lowest BCUT2D eigenvalue weighted by Crippen LogP contribution is -2.42. The van der Waals surface area contributed by atoms with Crippen LogP contribution in [0.2, 0.25) is 5.02 Å². The van der Waals surface area contributed by atoms with Gasteiger partial charge in [-0.15, -0.1) is 6.58 Å². The van der Waals surface area contributed by atoms with Crippen molar-refractivity contribution in [3.63, 3.8) is 0 Å². The second-order valence-corrected chi connectivity index (χ2v) is 7.76. The molecule has 0 spiro atoms. The molecule has 1 aliphatic heterocycles. The van der Waals surface area contributed by atoms with Gasteiger partial charge in [-0.05, 0) is 37.1 Å². The fraction of sp³-hybridized carbons (Fsp3) is 0.375. The number of esters is 1. The summed E-state index contributed by atoms with van der Waals surface area (Å²) in [6.07, 6.45) is 2.38. The lowest BCUT2D eigenvalue weighted by molar-refractivity contribution is -0.151. The zero-order valence-corrected chi connectivity index (χ0v) is 15.1. The van der Waals surface area contributed by atoms with Gasteiger partial charge in [-0.2, -0.15) is 4.31 Å². The molecule has 7 nitrogen and oxygen atoms in total. The Morgan fingerprint density at radius 1 is 1.36 bits per heavy atom. The molecule has 1 N–H and O–H groups in total. The average Bonchev–Trinajstić information content (AvgIpc) is 3.09. The minimum atomic E-state index is -3.84. The van der Waals surface area contributed by atoms with Crippen LogP contribution in [0, 0.1) is 0 Å². The van der Waals surface area contributed by atoms with Crippen molar-refractivity contribution in [2.45, 2.75) is 23.8 Å². The second kappa shape index (κ2) is 8.46. The van der Waals surface area contributed by atoms with Gasteiger partial charge in [-0.3, -0.25) is 9.59 Å². The number of ether oxygens (including phenoxy) is 1. The molecule has 0 radical (unpaired) electrons. The number of nitrogens with one attached hydrogen (secondary N) is 1. The standard InChI is InChI=1S/C16H19ClN2O5S/c1-2-9-18-15(20)11-24-16(21)14-4-3-10-19(14)25(22,23)13-7-5-12(17)6-8-13/h2,5-8,14H,1,3-4,9-11H2,(H,18,20). The Bertz CT molecular complexity index is 748. The molecule has 1 aromatic rings. The number of nitrogens with zero attached hydrogens (tertiary/aromatic N) is 1. The Labute approximate surface area is 151 Å². The quantitative estimate of drug-likeness (QED) is 0.564. The van der Waals surface area contributed by atoms with Crippen molar-refractivity contribution in [3.05, 3.63) is 41.9 Å². The van der Waals surface area contributed by atoms with E-state index >= 15 is 0 Å². The average molecular weight is 387 g/mol. The van der Waals surface area contributed by atoms with Crippen LogP contribution in [0.3, 0.4) is 0 Å². The third kappa shape index (κ3) is 4.81. The van der Waals surface area contributed by atoms with E-state index in [1.807, 2.05) is 0 Å². The van der Waals surface area contributed by atoms with Crippen LogP contribution in [-0.2, 0) is 24.3 Å². The molecule has 0 bridgehead atoms. The number of hydrogen-bond donors (Lipinski definition) is 1. The first-order valence-electron chi connectivity index (χ1n) is 7.68. The van der Waals surface area contributed by atoms with E-state index in [2.05, 4.69) is 11.9 Å². The van der Waals surface area contributed by atoms with E-state index in [1.165, 1.54) is 30.3 Å². The smallest absolute Gasteiger partial charge is 0.324 e. The molecule has 136 valence electrons. The molecule has 1 saturated heterocycles. The SMILES string of the molecule is C=CCNC(=O)COC(=O)C1CCCN1S(=O)(=O)c1ccc(Cl)cc1. The minimum Gasteiger partial charge on any atom is -0.454 e. The molecule has 9 heteroatoms. The molecule has 1 atom stereocenters. The molecule has 25 heavy (non-hydrogen) atoms. The van der Waals surface area contributed by atoms with E-state index in [4.69, 9.17) is 16.3 Å². The van der Waals surface area contributed by atoms with Crippen molar-refractivity contribution in [1.82, 2.24) is 9.62 Å². The predicted octanol–water partition coefficient (Wildman–Crippen LogP) is 1.34. The van der Waals surface area contributed by atoms with Crippen molar-refractivity contribution in [2.24, 2.45) is 0 Å². The van der Waals surface area contributed by atoms with Gasteiger partial charge >= 0.3 is 5.97 Å². The number of sulfonamides is 1. The summed E-state index contributed by atoms with van der Waals surface area (Å²) in [6.45, 7) is 3.47. The number of rotatable bonds is 7. The van der Waals surface area contributed by atoms with E-state index in [-0.39, 0.29) is 18.0 Å². The number of benzene rings is 1. The molecule has 1 unspecified atom stereocenters. The molecule has 0 saturated carbocycles. The van der Waals surface area contributed by atoms with Gasteiger partial charge in [0.1, 0.15) is 6.04 Å². The van der Waals surface area contributed by atoms with Gasteiger partial charge in [-0.25, -0.2) is 8.42 Å². The Morgan fingerprint density at radius 3 is 2.68 bits per heavy atom. The van der Waals surface area contributed by atoms with Gasteiger partial charge < -0.3 is 10.1 Å². The van der Waals surface area contributed by atoms with Crippen molar-refractivity contribution >= 4 is 33.5 Å². The zero-order valence-electron chi connectivity index (χ0n) is 13.5. The van der Waals surface area contributed by atoms with Crippen molar-refractivity contribution in [1.29, 1.82) is 0 Å². The van der Waals surface area contributed by atoms with E-state index in [9.17, 15) is 18.0 Å². The van der Waals surface area contributed by atoms with E-state index in [0.717, 1.165) is 4.31 Å². The van der Waals surface area contributed by atoms with Gasteiger partial charge in [-0.1, -0.05) is 17.7 Å². The monoisotopic (exact) mass is 386 g/mol. The highest BCUT2D eigenvalue weighted by Gasteiger charge is 2.40. The Hall–Kier alpha value is -1.90. The number of amides is 1. The maximum absolute atomic E-state index is 12.7. The molecule has 1 aromatic carbocycles. The van der Waals surface area contributed by atoms with Crippen LogP contribution in [0.4, 0.5) is 0 Å². The normalized spacial score (nSPS) is 17.9. The number of hydrogen-bond acceptors (Lipinski definition) is 5. The topological polar surface area (TPSA) is 92.8 Å². The summed E-state index contributed by atoms with van der Waals surface area (Å²) in [5.74, 6) is -1.21. The summed E-state index contributed by atoms with van der Waals surface area (Å²) >= 11 is 5.78. The zero-order chi connectivity index (χ0) is 18.4. The van der Waals surface area contributed by atoms with Gasteiger partial charge in [0.05, 0.1) is 4.90 Å². The molecule has 2 rings (SSSR count). The summed E-state index contributed by atoms with van der Waals surface area (Å²) in [7, 11) is -3.84. The lowest BCUT2D eigenvalue weighted by atomic mass is 10.2. The molecule has 1 heterocycles. The lowest BCUT2D eigenvalue weighted by Gasteiger charge is -2.22. The Kier molecular flexibility index (Phi) is 6.57. The highest BCUT2D eigenvalue weighted by Crippen LogP contribution is 2.27. The van der Waals surface area contributed by atoms with Gasteiger partial charge in [0.25, 0.3) is 5.91 Å². The molecule has 0 aromatic heterocycles. The molecule has 1 amide bonds. The van der Waals surface area contributed by atoms with E-state index in [1.54, 1.807) is 0 Å². The minimum absolute atomic E-state index is 0.0559. The molecule has 1 fully saturated rings. The number of carbonyl (C=O) groups excluding carboxylic acids is 2. The highest BCUT2D eigenvalue weighted by atomic mass is 35.5. The van der Waals surface area contributed by atoms with Crippen molar-refractivity contribution in [3.8, 4) is 0 Å². The van der Waals surface area contributed by atoms with E-state index < -0.39 is 34.5 Å². The van der Waals surface area contributed by atoms with Gasteiger partial charge in [0, 0.05) is 18.1 Å². The Balaban J connectivity index is 2.06. The third-order valence-corrected chi connectivity index (χ3v) is 5.86. The first-order valence-corrected chi connectivity index (χ1v) is 9.49. The fourth-order valence-corrected chi connectivity index (χ4v) is 4.25. The van der Waals surface area contributed by atoms with Crippen LogP contribution in [0.5, 0.6) is 0 Å². The number of carbonyl (C=O) groups is 2. The highest BCUT2D eigenvalue weighted by molar-refractivity contribution is 7.89. The van der Waals surface area contributed by atoms with Crippen LogP contribution < -0.4 is 5.32 Å². The van der Waals surface area contributed by atoms with Crippen LogP contribution in [0.25, 0.3) is 0 Å². The summed E-state index contributed by atoms with van der Waals surface area (Å²) < 4.78 is 31.5.